The highest BCUT2D eigenvalue weighted by Crippen LogP contribution is 2.45. The standard InChI is InChI=1S/C14H22F3NO5S/c1-12(2,3)22-11(19)18-8-13(9-18)6-4-10(5-7-13)23-24(20,21)14(15,16)17/h10H,4-9H2,1-3H3. The predicted octanol–water partition coefficient (Wildman–Crippen LogP) is 3.03. The van der Waals surface area contributed by atoms with Crippen molar-refractivity contribution in [2.24, 2.45) is 5.41 Å². The summed E-state index contributed by atoms with van der Waals surface area (Å²) in [6.45, 7) is 6.25. The van der Waals surface area contributed by atoms with Crippen LogP contribution in [0.25, 0.3) is 0 Å². The lowest BCUT2D eigenvalue weighted by Gasteiger charge is -2.52. The molecule has 0 aromatic heterocycles. The average Bonchev–Trinajstić information content (AvgIpc) is 2.33. The van der Waals surface area contributed by atoms with Gasteiger partial charge in [0, 0.05) is 18.5 Å². The van der Waals surface area contributed by atoms with Crippen LogP contribution in [0.15, 0.2) is 0 Å². The van der Waals surface area contributed by atoms with Crippen LogP contribution in [0.2, 0.25) is 0 Å². The van der Waals surface area contributed by atoms with Crippen LogP contribution >= 0.6 is 0 Å². The van der Waals surface area contributed by atoms with Crippen molar-refractivity contribution in [3.8, 4) is 0 Å². The van der Waals surface area contributed by atoms with Crippen LogP contribution in [0.4, 0.5) is 18.0 Å². The lowest BCUT2D eigenvalue weighted by molar-refractivity contribution is -0.0731. The molecule has 2 rings (SSSR count). The SMILES string of the molecule is CC(C)(C)OC(=O)N1CC2(CCC(OS(=O)(=O)C(F)(F)F)CC2)C1. The fraction of sp³-hybridized carbons (Fsp3) is 0.929. The maximum atomic E-state index is 12.3. The molecule has 1 amide bonds. The number of amides is 1. The highest BCUT2D eigenvalue weighted by molar-refractivity contribution is 7.87. The Labute approximate surface area is 139 Å². The fourth-order valence-corrected chi connectivity index (χ4v) is 3.73. The summed E-state index contributed by atoms with van der Waals surface area (Å²) >= 11 is 0. The smallest absolute Gasteiger partial charge is 0.444 e. The molecule has 1 spiro atoms. The molecule has 2 fully saturated rings. The third-order valence-corrected chi connectivity index (χ3v) is 5.34. The molecule has 0 atom stereocenters. The first-order chi connectivity index (χ1) is 10.7. The van der Waals surface area contributed by atoms with E-state index in [1.165, 1.54) is 0 Å². The van der Waals surface area contributed by atoms with Gasteiger partial charge in [-0.3, -0.25) is 4.18 Å². The van der Waals surface area contributed by atoms with Crippen molar-refractivity contribution in [1.29, 1.82) is 0 Å². The van der Waals surface area contributed by atoms with Gasteiger partial charge in [-0.25, -0.2) is 4.79 Å². The van der Waals surface area contributed by atoms with Crippen molar-refractivity contribution in [1.82, 2.24) is 4.90 Å². The van der Waals surface area contributed by atoms with Gasteiger partial charge in [-0.15, -0.1) is 0 Å². The first-order valence-electron chi connectivity index (χ1n) is 7.71. The Kier molecular flexibility index (Phi) is 4.86. The van der Waals surface area contributed by atoms with Gasteiger partial charge in [-0.2, -0.15) is 21.6 Å². The molecule has 10 heteroatoms. The summed E-state index contributed by atoms with van der Waals surface area (Å²) in [6.07, 6.45) is 0.104. The lowest BCUT2D eigenvalue weighted by Crippen LogP contribution is -2.60. The third kappa shape index (κ3) is 4.33. The molecule has 0 N–H and O–H groups in total. The van der Waals surface area contributed by atoms with E-state index in [0.717, 1.165) is 0 Å². The molecule has 2 aliphatic rings. The molecule has 1 heterocycles. The lowest BCUT2D eigenvalue weighted by atomic mass is 9.68. The first kappa shape index (κ1) is 19.3. The molecule has 1 saturated heterocycles. The largest absolute Gasteiger partial charge is 0.523 e. The number of carbonyl (C=O) groups is 1. The Morgan fingerprint density at radius 3 is 2.04 bits per heavy atom. The topological polar surface area (TPSA) is 72.9 Å². The van der Waals surface area contributed by atoms with Crippen LogP contribution in [0, 0.1) is 5.41 Å². The molecule has 6 nitrogen and oxygen atoms in total. The number of likely N-dealkylation sites (tertiary alicyclic amines) is 1. The summed E-state index contributed by atoms with van der Waals surface area (Å²) in [6, 6.07) is 0. The van der Waals surface area contributed by atoms with Crippen LogP contribution < -0.4 is 0 Å². The maximum absolute atomic E-state index is 12.3. The minimum absolute atomic E-state index is 0.168. The molecular weight excluding hydrogens is 351 g/mol. The number of hydrogen-bond acceptors (Lipinski definition) is 5. The van der Waals surface area contributed by atoms with Crippen molar-refractivity contribution in [3.63, 3.8) is 0 Å². The Hall–Kier alpha value is -1.03. The zero-order chi connectivity index (χ0) is 18.4. The van der Waals surface area contributed by atoms with Crippen LogP contribution in [0.5, 0.6) is 0 Å². The number of hydrogen-bond donors (Lipinski definition) is 0. The van der Waals surface area contributed by atoms with Gasteiger partial charge in [0.05, 0.1) is 6.10 Å². The zero-order valence-electron chi connectivity index (χ0n) is 13.9. The summed E-state index contributed by atoms with van der Waals surface area (Å²) < 4.78 is 68.6. The molecule has 0 unspecified atom stereocenters. The second-order valence-electron chi connectivity index (χ2n) is 7.53. The van der Waals surface area contributed by atoms with Crippen LogP contribution in [-0.4, -0.2) is 49.7 Å². The zero-order valence-corrected chi connectivity index (χ0v) is 14.7. The molecule has 140 valence electrons. The molecule has 1 aliphatic carbocycles. The van der Waals surface area contributed by atoms with E-state index < -0.39 is 33.4 Å². The summed E-state index contributed by atoms with van der Waals surface area (Å²) in [5.41, 5.74) is -6.15. The quantitative estimate of drug-likeness (QED) is 0.550. The molecule has 24 heavy (non-hydrogen) atoms. The van der Waals surface area contributed by atoms with Gasteiger partial charge in [-0.1, -0.05) is 0 Å². The normalized spacial score (nSPS) is 22.3. The maximum Gasteiger partial charge on any atom is 0.523 e. The van der Waals surface area contributed by atoms with Gasteiger partial charge in [0.2, 0.25) is 0 Å². The van der Waals surface area contributed by atoms with Crippen molar-refractivity contribution in [2.75, 3.05) is 13.1 Å². The Balaban J connectivity index is 1.82. The summed E-state index contributed by atoms with van der Waals surface area (Å²) in [4.78, 5) is 13.5. The van der Waals surface area contributed by atoms with Gasteiger partial charge in [0.15, 0.2) is 0 Å². The van der Waals surface area contributed by atoms with Gasteiger partial charge in [0.1, 0.15) is 5.60 Å². The number of carbonyl (C=O) groups excluding carboxylic acids is 1. The number of halogens is 3. The van der Waals surface area contributed by atoms with Crippen molar-refractivity contribution >= 4 is 16.2 Å². The van der Waals surface area contributed by atoms with E-state index in [2.05, 4.69) is 4.18 Å². The highest BCUT2D eigenvalue weighted by atomic mass is 32.2. The van der Waals surface area contributed by atoms with E-state index in [0.29, 0.717) is 25.9 Å². The van der Waals surface area contributed by atoms with Crippen molar-refractivity contribution < 1.29 is 35.3 Å². The van der Waals surface area contributed by atoms with Gasteiger partial charge in [0.25, 0.3) is 0 Å². The second-order valence-corrected chi connectivity index (χ2v) is 9.10. The number of rotatable bonds is 2. The predicted molar refractivity (Wildman–Crippen MR) is 78.6 cm³/mol. The highest BCUT2D eigenvalue weighted by Gasteiger charge is 2.52. The van der Waals surface area contributed by atoms with Gasteiger partial charge < -0.3 is 9.64 Å². The van der Waals surface area contributed by atoms with Crippen LogP contribution in [0.1, 0.15) is 46.5 Å². The van der Waals surface area contributed by atoms with E-state index in [9.17, 15) is 26.4 Å². The fourth-order valence-electron chi connectivity index (χ4n) is 3.07. The van der Waals surface area contributed by atoms with Gasteiger partial charge >= 0.3 is 21.7 Å². The van der Waals surface area contributed by atoms with Crippen LogP contribution in [-0.2, 0) is 19.0 Å². The number of nitrogens with zero attached hydrogens (tertiary/aromatic N) is 1. The molecule has 1 saturated carbocycles. The van der Waals surface area contributed by atoms with E-state index in [-0.39, 0.29) is 18.3 Å². The monoisotopic (exact) mass is 373 g/mol. The molecule has 1 aliphatic heterocycles. The van der Waals surface area contributed by atoms with E-state index in [1.807, 2.05) is 0 Å². The number of alkyl halides is 3. The first-order valence-corrected chi connectivity index (χ1v) is 9.11. The molecule has 0 bridgehead atoms. The minimum Gasteiger partial charge on any atom is -0.444 e. The molecule has 0 radical (unpaired) electrons. The Morgan fingerprint density at radius 2 is 1.62 bits per heavy atom. The summed E-state index contributed by atoms with van der Waals surface area (Å²) in [7, 11) is -5.55. The average molecular weight is 373 g/mol. The summed E-state index contributed by atoms with van der Waals surface area (Å²) in [5, 5.41) is 0. The van der Waals surface area contributed by atoms with Crippen molar-refractivity contribution in [2.45, 2.75) is 63.7 Å². The Morgan fingerprint density at radius 1 is 1.12 bits per heavy atom. The third-order valence-electron chi connectivity index (χ3n) is 4.24. The molecule has 0 aromatic carbocycles. The van der Waals surface area contributed by atoms with Crippen LogP contribution in [0.3, 0.4) is 0 Å². The summed E-state index contributed by atoms with van der Waals surface area (Å²) in [5.74, 6) is 0. The van der Waals surface area contributed by atoms with E-state index in [4.69, 9.17) is 4.74 Å². The van der Waals surface area contributed by atoms with E-state index >= 15 is 0 Å². The molecular formula is C14H22F3NO5S. The molecule has 0 aromatic rings. The van der Waals surface area contributed by atoms with E-state index in [1.54, 1.807) is 25.7 Å². The Bertz CT molecular complexity index is 581. The second kappa shape index (κ2) is 6.05. The van der Waals surface area contributed by atoms with Gasteiger partial charge in [-0.05, 0) is 46.5 Å². The number of ether oxygens (including phenoxy) is 1. The van der Waals surface area contributed by atoms with Crippen molar-refractivity contribution in [3.05, 3.63) is 0 Å². The minimum atomic E-state index is -5.55.